The third kappa shape index (κ3) is 6.64. The molecule has 1 fully saturated rings. The fourth-order valence-electron chi connectivity index (χ4n) is 3.64. The van der Waals surface area contributed by atoms with Gasteiger partial charge in [-0.25, -0.2) is 8.42 Å². The van der Waals surface area contributed by atoms with Crippen LogP contribution >= 0.6 is 0 Å². The first-order valence-corrected chi connectivity index (χ1v) is 12.5. The van der Waals surface area contributed by atoms with Crippen LogP contribution in [0.4, 0.5) is 11.4 Å². The Morgan fingerprint density at radius 1 is 0.844 bits per heavy atom. The van der Waals surface area contributed by atoms with Crippen LogP contribution in [0.1, 0.15) is 45.1 Å². The maximum absolute atomic E-state index is 12.7. The first-order chi connectivity index (χ1) is 15.2. The Kier molecular flexibility index (Phi) is 8.04. The predicted octanol–water partition coefficient (Wildman–Crippen LogP) is 4.03. The highest BCUT2D eigenvalue weighted by Crippen LogP contribution is 2.21. The molecule has 0 radical (unpaired) electrons. The molecule has 1 aliphatic rings. The van der Waals surface area contributed by atoms with Crippen LogP contribution in [-0.4, -0.2) is 37.6 Å². The number of carbonyl (C=O) groups excluding carboxylic acids is 2. The van der Waals surface area contributed by atoms with Crippen molar-refractivity contribution in [3.05, 3.63) is 54.1 Å². The molecule has 1 heterocycles. The molecule has 2 N–H and O–H groups in total. The summed E-state index contributed by atoms with van der Waals surface area (Å²) in [5, 5.41) is 5.65. The van der Waals surface area contributed by atoms with Crippen LogP contribution in [0.5, 0.6) is 0 Å². The van der Waals surface area contributed by atoms with Crippen molar-refractivity contribution in [2.75, 3.05) is 23.7 Å². The molecule has 7 nitrogen and oxygen atoms in total. The van der Waals surface area contributed by atoms with Crippen LogP contribution in [0.2, 0.25) is 0 Å². The van der Waals surface area contributed by atoms with Gasteiger partial charge in [0, 0.05) is 30.9 Å². The second kappa shape index (κ2) is 10.7. The van der Waals surface area contributed by atoms with Crippen molar-refractivity contribution < 1.29 is 18.0 Å². The summed E-state index contributed by atoms with van der Waals surface area (Å²) in [4.78, 5) is 24.5. The first kappa shape index (κ1) is 23.9. The third-order valence-corrected chi connectivity index (χ3v) is 7.20. The zero-order valence-corrected chi connectivity index (χ0v) is 19.5. The number of rotatable bonds is 8. The first-order valence-electron chi connectivity index (χ1n) is 11.0. The summed E-state index contributed by atoms with van der Waals surface area (Å²) >= 11 is 0. The quantitative estimate of drug-likeness (QED) is 0.626. The summed E-state index contributed by atoms with van der Waals surface area (Å²) in [5.41, 5.74) is 2.04. The van der Waals surface area contributed by atoms with Crippen molar-refractivity contribution in [1.29, 1.82) is 0 Å². The van der Waals surface area contributed by atoms with Gasteiger partial charge in [-0.2, -0.15) is 4.31 Å². The number of hydrogen-bond donors (Lipinski definition) is 2. The summed E-state index contributed by atoms with van der Waals surface area (Å²) in [6, 6.07) is 13.5. The SMILES string of the molecule is CC(C)CC(=O)Nc1ccc(NC(=O)Cc2ccc(S(=O)(=O)N3CCCCC3)cc2)cc1. The molecule has 32 heavy (non-hydrogen) atoms. The summed E-state index contributed by atoms with van der Waals surface area (Å²) in [6.45, 7) is 5.10. The van der Waals surface area contributed by atoms with Gasteiger partial charge in [0.1, 0.15) is 0 Å². The van der Waals surface area contributed by atoms with E-state index in [9.17, 15) is 18.0 Å². The Morgan fingerprint density at radius 3 is 1.91 bits per heavy atom. The highest BCUT2D eigenvalue weighted by molar-refractivity contribution is 7.89. The van der Waals surface area contributed by atoms with Crippen molar-refractivity contribution in [2.45, 2.75) is 50.8 Å². The van der Waals surface area contributed by atoms with E-state index in [2.05, 4.69) is 10.6 Å². The fourth-order valence-corrected chi connectivity index (χ4v) is 5.16. The van der Waals surface area contributed by atoms with Crippen molar-refractivity contribution >= 4 is 33.2 Å². The van der Waals surface area contributed by atoms with Gasteiger partial charge in [-0.15, -0.1) is 0 Å². The molecule has 172 valence electrons. The lowest BCUT2D eigenvalue weighted by molar-refractivity contribution is -0.117. The molecule has 0 spiro atoms. The molecule has 2 aromatic carbocycles. The van der Waals surface area contributed by atoms with Crippen LogP contribution in [0, 0.1) is 5.92 Å². The Bertz CT molecular complexity index is 1030. The maximum atomic E-state index is 12.7. The standard InChI is InChI=1S/C24H31N3O4S/c1-18(2)16-23(28)25-20-8-10-21(11-9-20)26-24(29)17-19-6-12-22(13-7-19)32(30,31)27-14-4-3-5-15-27/h6-13,18H,3-5,14-17H2,1-2H3,(H,25,28)(H,26,29). The van der Waals surface area contributed by atoms with Crippen LogP contribution in [0.15, 0.2) is 53.4 Å². The highest BCUT2D eigenvalue weighted by atomic mass is 32.2. The van der Waals surface area contributed by atoms with E-state index < -0.39 is 10.0 Å². The summed E-state index contributed by atoms with van der Waals surface area (Å²) in [7, 11) is -3.47. The van der Waals surface area contributed by atoms with Gasteiger partial charge in [-0.05, 0) is 60.7 Å². The molecule has 0 atom stereocenters. The van der Waals surface area contributed by atoms with Crippen molar-refractivity contribution in [3.8, 4) is 0 Å². The number of piperidine rings is 1. The van der Waals surface area contributed by atoms with Crippen molar-refractivity contribution in [3.63, 3.8) is 0 Å². The molecule has 2 amide bonds. The van der Waals surface area contributed by atoms with Crippen LogP contribution in [0.25, 0.3) is 0 Å². The predicted molar refractivity (Wildman–Crippen MR) is 126 cm³/mol. The lowest BCUT2D eigenvalue weighted by Crippen LogP contribution is -2.35. The van der Waals surface area contributed by atoms with E-state index in [4.69, 9.17) is 0 Å². The molecule has 3 rings (SSSR count). The van der Waals surface area contributed by atoms with Gasteiger partial charge >= 0.3 is 0 Å². The van der Waals surface area contributed by atoms with E-state index in [1.54, 1.807) is 48.5 Å². The van der Waals surface area contributed by atoms with E-state index in [0.717, 1.165) is 24.8 Å². The molecule has 1 saturated heterocycles. The molecule has 1 aliphatic heterocycles. The summed E-state index contributed by atoms with van der Waals surface area (Å²) in [5.74, 6) is 0.0447. The maximum Gasteiger partial charge on any atom is 0.243 e. The van der Waals surface area contributed by atoms with E-state index in [1.807, 2.05) is 13.8 Å². The van der Waals surface area contributed by atoms with E-state index in [-0.39, 0.29) is 29.0 Å². The van der Waals surface area contributed by atoms with Gasteiger partial charge in [0.15, 0.2) is 0 Å². The number of amides is 2. The largest absolute Gasteiger partial charge is 0.326 e. The van der Waals surface area contributed by atoms with E-state index >= 15 is 0 Å². The Hall–Kier alpha value is -2.71. The Balaban J connectivity index is 1.54. The van der Waals surface area contributed by atoms with Gasteiger partial charge in [-0.3, -0.25) is 9.59 Å². The number of carbonyl (C=O) groups is 2. The lowest BCUT2D eigenvalue weighted by atomic mass is 10.1. The molecule has 2 aromatic rings. The normalized spacial score (nSPS) is 14.8. The number of nitrogens with one attached hydrogen (secondary N) is 2. The molecule has 0 aromatic heterocycles. The van der Waals surface area contributed by atoms with Gasteiger partial charge in [0.2, 0.25) is 21.8 Å². The minimum absolute atomic E-state index is 0.0393. The minimum atomic E-state index is -3.47. The summed E-state index contributed by atoms with van der Waals surface area (Å²) < 4.78 is 27.0. The van der Waals surface area contributed by atoms with E-state index in [1.165, 1.54) is 4.31 Å². The summed E-state index contributed by atoms with van der Waals surface area (Å²) in [6.07, 6.45) is 3.44. The number of benzene rings is 2. The molecule has 8 heteroatoms. The molecule has 0 aliphatic carbocycles. The molecule has 0 bridgehead atoms. The highest BCUT2D eigenvalue weighted by Gasteiger charge is 2.25. The minimum Gasteiger partial charge on any atom is -0.326 e. The van der Waals surface area contributed by atoms with Crippen molar-refractivity contribution in [1.82, 2.24) is 4.31 Å². The Morgan fingerprint density at radius 2 is 1.38 bits per heavy atom. The fraction of sp³-hybridized carbons (Fsp3) is 0.417. The molecule has 0 saturated carbocycles. The van der Waals surface area contributed by atoms with Crippen molar-refractivity contribution in [2.24, 2.45) is 5.92 Å². The monoisotopic (exact) mass is 457 g/mol. The van der Waals surface area contributed by atoms with Crippen LogP contribution in [-0.2, 0) is 26.0 Å². The Labute approximate surface area is 190 Å². The number of hydrogen-bond acceptors (Lipinski definition) is 4. The number of sulfonamides is 1. The topological polar surface area (TPSA) is 95.6 Å². The third-order valence-electron chi connectivity index (χ3n) is 5.29. The second-order valence-electron chi connectivity index (χ2n) is 8.56. The molecular formula is C24H31N3O4S. The number of anilines is 2. The van der Waals surface area contributed by atoms with Crippen LogP contribution < -0.4 is 10.6 Å². The smallest absolute Gasteiger partial charge is 0.243 e. The van der Waals surface area contributed by atoms with Crippen LogP contribution in [0.3, 0.4) is 0 Å². The van der Waals surface area contributed by atoms with Gasteiger partial charge in [0.25, 0.3) is 0 Å². The number of nitrogens with zero attached hydrogens (tertiary/aromatic N) is 1. The van der Waals surface area contributed by atoms with Gasteiger partial charge in [0.05, 0.1) is 11.3 Å². The second-order valence-corrected chi connectivity index (χ2v) is 10.5. The average Bonchev–Trinajstić information content (AvgIpc) is 2.75. The average molecular weight is 458 g/mol. The molecular weight excluding hydrogens is 426 g/mol. The van der Waals surface area contributed by atoms with Gasteiger partial charge in [-0.1, -0.05) is 32.4 Å². The zero-order valence-electron chi connectivity index (χ0n) is 18.6. The lowest BCUT2D eigenvalue weighted by Gasteiger charge is -2.25. The molecule has 0 unspecified atom stereocenters. The van der Waals surface area contributed by atoms with Gasteiger partial charge < -0.3 is 10.6 Å². The van der Waals surface area contributed by atoms with E-state index in [0.29, 0.717) is 30.9 Å². The zero-order chi connectivity index (χ0) is 23.1.